The monoisotopic (exact) mass is 359 g/mol. The largest absolute Gasteiger partial charge is 0.473 e. The van der Waals surface area contributed by atoms with Crippen molar-refractivity contribution >= 4 is 21.9 Å². The second-order valence-corrected chi connectivity index (χ2v) is 7.03. The van der Waals surface area contributed by atoms with Gasteiger partial charge in [-0.2, -0.15) is 4.98 Å². The average Bonchev–Trinajstić information content (AvgIpc) is 3.25. The first-order valence-corrected chi connectivity index (χ1v) is 9.05. The number of rotatable bonds is 3. The molecule has 27 heavy (non-hydrogen) atoms. The van der Waals surface area contributed by atoms with Crippen LogP contribution in [0.3, 0.4) is 0 Å². The molecule has 2 N–H and O–H groups in total. The van der Waals surface area contributed by atoms with Crippen LogP contribution in [0.4, 0.5) is 0 Å². The van der Waals surface area contributed by atoms with Crippen LogP contribution in [-0.2, 0) is 0 Å². The lowest BCUT2D eigenvalue weighted by atomic mass is 10.0. The number of H-pyrrole nitrogens is 1. The first-order chi connectivity index (χ1) is 13.2. The molecule has 2 heterocycles. The lowest BCUT2D eigenvalue weighted by molar-refractivity contribution is 0.135. The van der Waals surface area contributed by atoms with Crippen LogP contribution in [0, 0.1) is 12.8 Å². The molecule has 1 aliphatic carbocycles. The quantitative estimate of drug-likeness (QED) is 0.585. The first kappa shape index (κ1) is 16.2. The third kappa shape index (κ3) is 2.82. The number of hydrogen-bond donors (Lipinski definition) is 2. The van der Waals surface area contributed by atoms with E-state index in [-0.39, 0.29) is 12.0 Å². The van der Waals surface area contributed by atoms with Gasteiger partial charge < -0.3 is 14.8 Å². The van der Waals surface area contributed by atoms with E-state index in [1.54, 1.807) is 0 Å². The highest BCUT2D eigenvalue weighted by atomic mass is 16.5. The Kier molecular flexibility index (Phi) is 3.79. The Hall–Kier alpha value is -2.99. The van der Waals surface area contributed by atoms with Gasteiger partial charge in [0.25, 0.3) is 0 Å². The number of nitrogens with one attached hydrogen (secondary N) is 1. The summed E-state index contributed by atoms with van der Waals surface area (Å²) >= 11 is 0. The predicted octanol–water partition coefficient (Wildman–Crippen LogP) is 3.53. The molecule has 135 valence electrons. The van der Waals surface area contributed by atoms with Gasteiger partial charge in [-0.15, -0.1) is 0 Å². The minimum absolute atomic E-state index is 0.0160. The molecule has 0 spiro atoms. The molecular weight excluding hydrogens is 340 g/mol. The molecule has 0 saturated heterocycles. The van der Waals surface area contributed by atoms with Crippen LogP contribution in [0.15, 0.2) is 48.8 Å². The van der Waals surface area contributed by atoms with E-state index in [1.165, 1.54) is 6.33 Å². The third-order valence-corrected chi connectivity index (χ3v) is 5.19. The zero-order valence-corrected chi connectivity index (χ0v) is 14.7. The van der Waals surface area contributed by atoms with Gasteiger partial charge in [0.05, 0.1) is 6.10 Å². The molecule has 0 aliphatic heterocycles. The molecule has 4 aromatic rings. The zero-order valence-electron chi connectivity index (χ0n) is 14.7. The molecular formula is C21H19N4O2. The van der Waals surface area contributed by atoms with Crippen LogP contribution >= 0.6 is 0 Å². The summed E-state index contributed by atoms with van der Waals surface area (Å²) < 4.78 is 6.03. The van der Waals surface area contributed by atoms with Crippen molar-refractivity contribution in [3.8, 4) is 17.3 Å². The Morgan fingerprint density at radius 1 is 1.07 bits per heavy atom. The Morgan fingerprint density at radius 2 is 1.93 bits per heavy atom. The number of nitrogens with zero attached hydrogens (tertiary/aromatic N) is 3. The van der Waals surface area contributed by atoms with Gasteiger partial charge in [0.1, 0.15) is 18.3 Å². The lowest BCUT2D eigenvalue weighted by Gasteiger charge is -2.11. The second-order valence-electron chi connectivity index (χ2n) is 7.03. The summed E-state index contributed by atoms with van der Waals surface area (Å²) in [6.45, 7) is 3.96. The predicted molar refractivity (Wildman–Crippen MR) is 103 cm³/mol. The zero-order chi connectivity index (χ0) is 18.4. The first-order valence-electron chi connectivity index (χ1n) is 9.05. The fourth-order valence-electron chi connectivity index (χ4n) is 3.76. The van der Waals surface area contributed by atoms with Crippen molar-refractivity contribution in [2.75, 3.05) is 0 Å². The number of hydrogen-bond acceptors (Lipinski definition) is 5. The van der Waals surface area contributed by atoms with Crippen molar-refractivity contribution in [2.24, 2.45) is 5.92 Å². The van der Waals surface area contributed by atoms with E-state index in [4.69, 9.17) is 9.72 Å². The molecule has 6 heteroatoms. The Morgan fingerprint density at radius 3 is 2.78 bits per heavy atom. The van der Waals surface area contributed by atoms with E-state index in [9.17, 15) is 5.11 Å². The topological polar surface area (TPSA) is 83.9 Å². The number of aromatic amines is 1. The fraction of sp³-hybridized carbons (Fsp3) is 0.238. The van der Waals surface area contributed by atoms with E-state index in [2.05, 4.69) is 40.1 Å². The fourth-order valence-corrected chi connectivity index (χ4v) is 3.76. The highest BCUT2D eigenvalue weighted by Gasteiger charge is 2.32. The molecule has 3 atom stereocenters. The standard InChI is InChI=1S/C21H19N4O2/c1-12-9-14(10-17(12)26)27-21-18-20(22-11-23-21)25-19(24-18)16-8-4-6-13-5-2-3-7-15(13)16/h2-8,11-12,14,17,26H,1,9-10H2,(H,22,23,24,25)/t12-,14+,17-/m0/s1. The maximum absolute atomic E-state index is 9.92. The van der Waals surface area contributed by atoms with Crippen molar-refractivity contribution < 1.29 is 9.84 Å². The van der Waals surface area contributed by atoms with E-state index in [0.717, 1.165) is 22.2 Å². The van der Waals surface area contributed by atoms with Crippen LogP contribution in [0.25, 0.3) is 33.3 Å². The maximum Gasteiger partial charge on any atom is 0.245 e. The molecule has 2 aromatic carbocycles. The molecule has 5 rings (SSSR count). The number of aromatic nitrogens is 4. The maximum atomic E-state index is 9.92. The highest BCUT2D eigenvalue weighted by molar-refractivity contribution is 5.96. The molecule has 0 amide bonds. The second kappa shape index (κ2) is 6.32. The molecule has 1 radical (unpaired) electrons. The number of aliphatic hydroxyl groups is 1. The van der Waals surface area contributed by atoms with E-state index in [1.807, 2.05) is 24.3 Å². The normalized spacial score (nSPS) is 22.5. The lowest BCUT2D eigenvalue weighted by Crippen LogP contribution is -2.14. The van der Waals surface area contributed by atoms with Gasteiger partial charge >= 0.3 is 0 Å². The van der Waals surface area contributed by atoms with Crippen molar-refractivity contribution in [3.05, 3.63) is 55.7 Å². The van der Waals surface area contributed by atoms with Gasteiger partial charge in [-0.1, -0.05) is 42.5 Å². The molecule has 6 nitrogen and oxygen atoms in total. The van der Waals surface area contributed by atoms with E-state index in [0.29, 0.717) is 29.9 Å². The molecule has 0 unspecified atom stereocenters. The van der Waals surface area contributed by atoms with Crippen LogP contribution < -0.4 is 4.74 Å². The Bertz CT molecular complexity index is 1110. The van der Waals surface area contributed by atoms with Crippen LogP contribution in [0.2, 0.25) is 0 Å². The summed E-state index contributed by atoms with van der Waals surface area (Å²) in [6.07, 6.45) is 2.18. The minimum Gasteiger partial charge on any atom is -0.473 e. The van der Waals surface area contributed by atoms with Gasteiger partial charge in [-0.25, -0.2) is 9.97 Å². The summed E-state index contributed by atoms with van der Waals surface area (Å²) in [5.74, 6) is 1.15. The van der Waals surface area contributed by atoms with Gasteiger partial charge in [0.2, 0.25) is 5.88 Å². The van der Waals surface area contributed by atoms with Crippen LogP contribution in [0.1, 0.15) is 12.8 Å². The number of benzene rings is 2. The summed E-state index contributed by atoms with van der Waals surface area (Å²) in [5.41, 5.74) is 2.24. The van der Waals surface area contributed by atoms with Gasteiger partial charge in [0, 0.05) is 12.0 Å². The summed E-state index contributed by atoms with van der Waals surface area (Å²) in [7, 11) is 0. The van der Waals surface area contributed by atoms with E-state index < -0.39 is 6.10 Å². The number of ether oxygens (including phenoxy) is 1. The Labute approximate surface area is 156 Å². The van der Waals surface area contributed by atoms with Gasteiger partial charge in [-0.05, 0) is 30.0 Å². The third-order valence-electron chi connectivity index (χ3n) is 5.19. The molecule has 2 aromatic heterocycles. The highest BCUT2D eigenvalue weighted by Crippen LogP contribution is 2.32. The van der Waals surface area contributed by atoms with E-state index >= 15 is 0 Å². The number of aliphatic hydroxyl groups excluding tert-OH is 1. The van der Waals surface area contributed by atoms with Crippen LogP contribution in [0.5, 0.6) is 5.88 Å². The summed E-state index contributed by atoms with van der Waals surface area (Å²) in [6, 6.07) is 14.3. The molecule has 1 fully saturated rings. The average molecular weight is 359 g/mol. The molecule has 1 aliphatic rings. The smallest absolute Gasteiger partial charge is 0.245 e. The minimum atomic E-state index is -0.433. The van der Waals surface area contributed by atoms with Gasteiger partial charge in [-0.3, -0.25) is 0 Å². The van der Waals surface area contributed by atoms with Crippen molar-refractivity contribution in [2.45, 2.75) is 25.0 Å². The molecule has 0 bridgehead atoms. The van der Waals surface area contributed by atoms with Crippen molar-refractivity contribution in [1.29, 1.82) is 0 Å². The molecule has 1 saturated carbocycles. The van der Waals surface area contributed by atoms with Crippen LogP contribution in [-0.4, -0.2) is 37.3 Å². The summed E-state index contributed by atoms with van der Waals surface area (Å²) in [4.78, 5) is 16.6. The number of fused-ring (bicyclic) bond motifs is 2. The van der Waals surface area contributed by atoms with Gasteiger partial charge in [0.15, 0.2) is 11.2 Å². The SMILES string of the molecule is [CH2][C@H]1C[C@@H](Oc2ncnc3[nH]c(-c4cccc5ccccc45)nc23)C[C@@H]1O. The van der Waals surface area contributed by atoms with Crippen molar-refractivity contribution in [3.63, 3.8) is 0 Å². The number of imidazole rings is 1. The Balaban J connectivity index is 1.56. The van der Waals surface area contributed by atoms with Crippen molar-refractivity contribution in [1.82, 2.24) is 19.9 Å². The summed E-state index contributed by atoms with van der Waals surface area (Å²) in [5, 5.41) is 12.2.